The van der Waals surface area contributed by atoms with Crippen LogP contribution in [-0.2, 0) is 0 Å². The Hall–Kier alpha value is -2.08. The molecule has 1 amide bonds. The number of furan rings is 1. The van der Waals surface area contributed by atoms with Crippen LogP contribution in [0.4, 0.5) is 5.69 Å². The summed E-state index contributed by atoms with van der Waals surface area (Å²) in [5, 5.41) is 11.6. The lowest BCUT2D eigenvalue weighted by Gasteiger charge is -2.06. The fourth-order valence-corrected chi connectivity index (χ4v) is 1.95. The number of carboxylic acid groups (broad SMARTS) is 1. The van der Waals surface area contributed by atoms with Crippen molar-refractivity contribution in [3.05, 3.63) is 51.9 Å². The molecule has 6 heteroatoms. The third-order valence-corrected chi connectivity index (χ3v) is 3.14. The highest BCUT2D eigenvalue weighted by Crippen LogP contribution is 2.21. The van der Waals surface area contributed by atoms with Gasteiger partial charge in [-0.05, 0) is 47.1 Å². The molecule has 0 bridgehead atoms. The van der Waals surface area contributed by atoms with Gasteiger partial charge in [0.25, 0.3) is 5.91 Å². The highest BCUT2D eigenvalue weighted by molar-refractivity contribution is 9.10. The quantitative estimate of drug-likeness (QED) is 0.908. The maximum absolute atomic E-state index is 11.9. The number of carbonyl (C=O) groups is 2. The number of halogens is 1. The Bertz CT molecular complexity index is 648. The summed E-state index contributed by atoms with van der Waals surface area (Å²) in [6.07, 6.45) is 1.35. The second-order valence-corrected chi connectivity index (χ2v) is 4.75. The summed E-state index contributed by atoms with van der Waals surface area (Å²) in [7, 11) is 0. The predicted molar refractivity (Wildman–Crippen MR) is 72.5 cm³/mol. The molecule has 2 aromatic rings. The third-order valence-electron chi connectivity index (χ3n) is 2.45. The predicted octanol–water partition coefficient (Wildman–Crippen LogP) is 3.30. The van der Waals surface area contributed by atoms with E-state index in [1.165, 1.54) is 12.3 Å². The second kappa shape index (κ2) is 5.27. The maximum atomic E-state index is 11.9. The highest BCUT2D eigenvalue weighted by atomic mass is 79.9. The zero-order valence-corrected chi connectivity index (χ0v) is 11.5. The number of nitrogens with one attached hydrogen (secondary N) is 1. The van der Waals surface area contributed by atoms with E-state index in [9.17, 15) is 9.59 Å². The van der Waals surface area contributed by atoms with E-state index in [2.05, 4.69) is 21.2 Å². The van der Waals surface area contributed by atoms with Crippen LogP contribution in [0.25, 0.3) is 0 Å². The molecule has 0 atom stereocenters. The summed E-state index contributed by atoms with van der Waals surface area (Å²) in [4.78, 5) is 22.8. The van der Waals surface area contributed by atoms with E-state index in [-0.39, 0.29) is 11.5 Å². The average Bonchev–Trinajstić information content (AvgIpc) is 2.78. The van der Waals surface area contributed by atoms with Crippen molar-refractivity contribution in [1.82, 2.24) is 0 Å². The van der Waals surface area contributed by atoms with E-state index >= 15 is 0 Å². The number of hydrogen-bond donors (Lipinski definition) is 2. The lowest BCUT2D eigenvalue weighted by Crippen LogP contribution is -2.11. The molecule has 0 saturated carbocycles. The van der Waals surface area contributed by atoms with E-state index in [1.54, 1.807) is 25.1 Å². The van der Waals surface area contributed by atoms with E-state index in [1.807, 2.05) is 0 Å². The van der Waals surface area contributed by atoms with Crippen molar-refractivity contribution in [2.45, 2.75) is 6.92 Å². The molecule has 0 unspecified atom stereocenters. The number of aromatic carboxylic acids is 1. The van der Waals surface area contributed by atoms with E-state index in [0.29, 0.717) is 21.5 Å². The van der Waals surface area contributed by atoms with Crippen molar-refractivity contribution in [2.75, 3.05) is 5.32 Å². The van der Waals surface area contributed by atoms with Gasteiger partial charge in [0.05, 0.1) is 11.1 Å². The molecule has 0 aliphatic rings. The minimum absolute atomic E-state index is 0.0844. The molecule has 2 rings (SSSR count). The summed E-state index contributed by atoms with van der Waals surface area (Å²) < 4.78 is 5.50. The Morgan fingerprint density at radius 3 is 2.63 bits per heavy atom. The van der Waals surface area contributed by atoms with E-state index in [4.69, 9.17) is 9.52 Å². The second-order valence-electron chi connectivity index (χ2n) is 3.90. The maximum Gasteiger partial charge on any atom is 0.336 e. The topological polar surface area (TPSA) is 79.5 Å². The van der Waals surface area contributed by atoms with Gasteiger partial charge in [-0.2, -0.15) is 0 Å². The molecule has 1 aromatic heterocycles. The monoisotopic (exact) mass is 323 g/mol. The van der Waals surface area contributed by atoms with Crippen LogP contribution >= 0.6 is 15.9 Å². The minimum Gasteiger partial charge on any atom is -0.478 e. The first-order valence-corrected chi connectivity index (χ1v) is 6.16. The van der Waals surface area contributed by atoms with Crippen LogP contribution in [0, 0.1) is 6.92 Å². The van der Waals surface area contributed by atoms with Crippen LogP contribution in [0.1, 0.15) is 26.5 Å². The smallest absolute Gasteiger partial charge is 0.336 e. The van der Waals surface area contributed by atoms with Gasteiger partial charge in [-0.3, -0.25) is 4.79 Å². The third kappa shape index (κ3) is 3.03. The number of carboxylic acids is 1. The molecule has 0 spiro atoms. The zero-order chi connectivity index (χ0) is 14.0. The van der Waals surface area contributed by atoms with Crippen LogP contribution in [0.5, 0.6) is 0 Å². The molecule has 2 N–H and O–H groups in total. The molecule has 1 aromatic carbocycles. The molecular weight excluding hydrogens is 314 g/mol. The van der Waals surface area contributed by atoms with Gasteiger partial charge in [0, 0.05) is 10.2 Å². The van der Waals surface area contributed by atoms with Gasteiger partial charge in [-0.25, -0.2) is 4.79 Å². The van der Waals surface area contributed by atoms with Crippen molar-refractivity contribution in [3.8, 4) is 0 Å². The first kappa shape index (κ1) is 13.4. The lowest BCUT2D eigenvalue weighted by atomic mass is 10.2. The first-order chi connectivity index (χ1) is 8.97. The Morgan fingerprint density at radius 2 is 2.05 bits per heavy atom. The van der Waals surface area contributed by atoms with Gasteiger partial charge in [-0.15, -0.1) is 0 Å². The molecule has 0 saturated heterocycles. The fourth-order valence-electron chi connectivity index (χ4n) is 1.53. The number of benzene rings is 1. The number of carbonyl (C=O) groups excluding carboxylic acids is 1. The van der Waals surface area contributed by atoms with Crippen LogP contribution in [0.15, 0.2) is 39.4 Å². The molecule has 0 radical (unpaired) electrons. The minimum atomic E-state index is -1.07. The Labute approximate surface area is 117 Å². The first-order valence-electron chi connectivity index (χ1n) is 5.36. The average molecular weight is 324 g/mol. The molecule has 19 heavy (non-hydrogen) atoms. The number of amides is 1. The van der Waals surface area contributed by atoms with Crippen molar-refractivity contribution < 1.29 is 19.1 Å². The van der Waals surface area contributed by atoms with Crippen LogP contribution in [0.2, 0.25) is 0 Å². The van der Waals surface area contributed by atoms with Gasteiger partial charge in [0.2, 0.25) is 0 Å². The number of rotatable bonds is 3. The molecular formula is C13H10BrNO4. The molecule has 98 valence electrons. The summed E-state index contributed by atoms with van der Waals surface area (Å²) in [6, 6.07) is 6.17. The van der Waals surface area contributed by atoms with Crippen molar-refractivity contribution >= 4 is 33.5 Å². The van der Waals surface area contributed by atoms with E-state index in [0.717, 1.165) is 0 Å². The molecule has 1 heterocycles. The summed E-state index contributed by atoms with van der Waals surface area (Å²) in [6.45, 7) is 1.74. The number of hydrogen-bond acceptors (Lipinski definition) is 3. The van der Waals surface area contributed by atoms with E-state index < -0.39 is 5.97 Å². The largest absolute Gasteiger partial charge is 0.478 e. The number of anilines is 1. The summed E-state index contributed by atoms with van der Waals surface area (Å²) in [5.74, 6) is -0.787. The molecule has 5 nitrogen and oxygen atoms in total. The fraction of sp³-hybridized carbons (Fsp3) is 0.0769. The molecule has 0 fully saturated rings. The summed E-state index contributed by atoms with van der Waals surface area (Å²) in [5.41, 5.74) is 0.878. The van der Waals surface area contributed by atoms with Crippen LogP contribution in [0.3, 0.4) is 0 Å². The van der Waals surface area contributed by atoms with Crippen LogP contribution < -0.4 is 5.32 Å². The van der Waals surface area contributed by atoms with Gasteiger partial charge in [-0.1, -0.05) is 0 Å². The molecule has 0 aliphatic carbocycles. The van der Waals surface area contributed by atoms with Crippen LogP contribution in [-0.4, -0.2) is 17.0 Å². The lowest BCUT2D eigenvalue weighted by molar-refractivity contribution is 0.0695. The number of aryl methyl sites for hydroxylation is 1. The SMILES string of the molecule is Cc1cc(C(=O)Nc2ccc(Br)c(C(=O)O)c2)co1. The van der Waals surface area contributed by atoms with Gasteiger partial charge >= 0.3 is 5.97 Å². The normalized spacial score (nSPS) is 10.2. The van der Waals surface area contributed by atoms with Gasteiger partial charge in [0.1, 0.15) is 12.0 Å². The van der Waals surface area contributed by atoms with Crippen molar-refractivity contribution in [2.24, 2.45) is 0 Å². The van der Waals surface area contributed by atoms with Gasteiger partial charge < -0.3 is 14.8 Å². The Morgan fingerprint density at radius 1 is 1.32 bits per heavy atom. The van der Waals surface area contributed by atoms with Gasteiger partial charge in [0.15, 0.2) is 0 Å². The zero-order valence-electron chi connectivity index (χ0n) is 9.94. The highest BCUT2D eigenvalue weighted by Gasteiger charge is 2.12. The van der Waals surface area contributed by atoms with Crippen molar-refractivity contribution in [1.29, 1.82) is 0 Å². The summed E-state index contributed by atoms with van der Waals surface area (Å²) >= 11 is 3.14. The Balaban J connectivity index is 2.22. The Kier molecular flexibility index (Phi) is 3.71. The molecule has 0 aliphatic heterocycles. The standard InChI is InChI=1S/C13H10BrNO4/c1-7-4-8(6-19-7)12(16)15-9-2-3-11(14)10(5-9)13(17)18/h2-6H,1H3,(H,15,16)(H,17,18). The van der Waals surface area contributed by atoms with Crippen molar-refractivity contribution in [3.63, 3.8) is 0 Å².